The molecule has 2 rings (SSSR count). The van der Waals surface area contributed by atoms with Crippen molar-refractivity contribution in [3.8, 4) is 0 Å². The molecule has 2 N–H and O–H groups in total. The molecule has 94 valence electrons. The van der Waals surface area contributed by atoms with E-state index in [1.165, 1.54) is 30.6 Å². The molecule has 1 aliphatic carbocycles. The van der Waals surface area contributed by atoms with E-state index in [-0.39, 0.29) is 5.91 Å². The number of hydrogen-bond donors (Lipinski definition) is 2. The highest BCUT2D eigenvalue weighted by atomic mass is 32.1. The quantitative estimate of drug-likeness (QED) is 0.862. The molecule has 5 nitrogen and oxygen atoms in total. The van der Waals surface area contributed by atoms with Crippen LogP contribution < -0.4 is 10.6 Å². The lowest BCUT2D eigenvalue weighted by Gasteiger charge is -2.21. The van der Waals surface area contributed by atoms with Gasteiger partial charge in [-0.25, -0.2) is 0 Å². The Bertz CT molecular complexity index is 373. The maximum absolute atomic E-state index is 11.9. The summed E-state index contributed by atoms with van der Waals surface area (Å²) in [5.41, 5.74) is 0. The van der Waals surface area contributed by atoms with E-state index in [2.05, 4.69) is 20.8 Å². The Labute approximate surface area is 105 Å². The van der Waals surface area contributed by atoms with Crippen LogP contribution in [-0.2, 0) is 0 Å². The van der Waals surface area contributed by atoms with Crippen LogP contribution in [0.1, 0.15) is 48.8 Å². The number of rotatable bonds is 4. The fourth-order valence-corrected chi connectivity index (χ4v) is 2.75. The smallest absolute Gasteiger partial charge is 0.282 e. The summed E-state index contributed by atoms with van der Waals surface area (Å²) >= 11 is 1.31. The number of anilines is 1. The van der Waals surface area contributed by atoms with E-state index in [1.807, 2.05) is 6.92 Å². The standard InChI is InChI=1S/C11H18N4OS/c1-2-12-11-15-14-10(17-11)9(16)13-8-6-4-3-5-7-8/h8H,2-7H2,1H3,(H,12,15)(H,13,16). The third-order valence-electron chi connectivity index (χ3n) is 2.89. The number of carbonyl (C=O) groups is 1. The predicted molar refractivity (Wildman–Crippen MR) is 68.4 cm³/mol. The summed E-state index contributed by atoms with van der Waals surface area (Å²) in [5.74, 6) is -0.0847. The molecule has 0 aliphatic heterocycles. The Hall–Kier alpha value is -1.17. The monoisotopic (exact) mass is 254 g/mol. The van der Waals surface area contributed by atoms with Crippen molar-refractivity contribution in [3.05, 3.63) is 5.01 Å². The zero-order valence-electron chi connectivity index (χ0n) is 10.0. The van der Waals surface area contributed by atoms with Gasteiger partial charge in [0.2, 0.25) is 10.1 Å². The summed E-state index contributed by atoms with van der Waals surface area (Å²) in [7, 11) is 0. The second-order valence-corrected chi connectivity index (χ2v) is 5.23. The maximum Gasteiger partial charge on any atom is 0.282 e. The lowest BCUT2D eigenvalue weighted by molar-refractivity contribution is 0.0926. The molecule has 0 aromatic carbocycles. The van der Waals surface area contributed by atoms with Gasteiger partial charge >= 0.3 is 0 Å². The van der Waals surface area contributed by atoms with Gasteiger partial charge in [0.15, 0.2) is 0 Å². The van der Waals surface area contributed by atoms with Gasteiger partial charge in [-0.2, -0.15) is 0 Å². The van der Waals surface area contributed by atoms with E-state index < -0.39 is 0 Å². The molecule has 0 unspecified atom stereocenters. The van der Waals surface area contributed by atoms with Crippen LogP contribution in [0.25, 0.3) is 0 Å². The van der Waals surface area contributed by atoms with Crippen LogP contribution in [0, 0.1) is 0 Å². The van der Waals surface area contributed by atoms with Crippen molar-refractivity contribution in [1.82, 2.24) is 15.5 Å². The zero-order valence-corrected chi connectivity index (χ0v) is 10.8. The first-order valence-electron chi connectivity index (χ1n) is 6.18. The van der Waals surface area contributed by atoms with Crippen LogP contribution in [0.4, 0.5) is 5.13 Å². The Morgan fingerprint density at radius 1 is 1.35 bits per heavy atom. The molecule has 6 heteroatoms. The second kappa shape index (κ2) is 5.95. The number of amides is 1. The van der Waals surface area contributed by atoms with Crippen molar-refractivity contribution >= 4 is 22.4 Å². The summed E-state index contributed by atoms with van der Waals surface area (Å²) in [4.78, 5) is 11.9. The van der Waals surface area contributed by atoms with Gasteiger partial charge in [-0.1, -0.05) is 30.6 Å². The van der Waals surface area contributed by atoms with Crippen molar-refractivity contribution in [3.63, 3.8) is 0 Å². The summed E-state index contributed by atoms with van der Waals surface area (Å²) in [6.07, 6.45) is 5.89. The van der Waals surface area contributed by atoms with Crippen LogP contribution in [0.15, 0.2) is 0 Å². The minimum absolute atomic E-state index is 0.0847. The highest BCUT2D eigenvalue weighted by molar-refractivity contribution is 7.17. The number of hydrogen-bond acceptors (Lipinski definition) is 5. The van der Waals surface area contributed by atoms with Crippen molar-refractivity contribution in [2.24, 2.45) is 0 Å². The molecule has 0 spiro atoms. The van der Waals surface area contributed by atoms with Gasteiger partial charge in [-0.15, -0.1) is 10.2 Å². The zero-order chi connectivity index (χ0) is 12.1. The topological polar surface area (TPSA) is 66.9 Å². The minimum Gasteiger partial charge on any atom is -0.360 e. The largest absolute Gasteiger partial charge is 0.360 e. The molecule has 1 saturated carbocycles. The Morgan fingerprint density at radius 3 is 2.82 bits per heavy atom. The van der Waals surface area contributed by atoms with Crippen LogP contribution >= 0.6 is 11.3 Å². The van der Waals surface area contributed by atoms with E-state index in [1.54, 1.807) is 0 Å². The molecule has 0 radical (unpaired) electrons. The lowest BCUT2D eigenvalue weighted by atomic mass is 9.95. The van der Waals surface area contributed by atoms with Gasteiger partial charge in [0, 0.05) is 12.6 Å². The highest BCUT2D eigenvalue weighted by Gasteiger charge is 2.19. The molecule has 17 heavy (non-hydrogen) atoms. The van der Waals surface area contributed by atoms with E-state index in [0.717, 1.165) is 19.4 Å². The molecule has 1 aromatic rings. The average molecular weight is 254 g/mol. The fourth-order valence-electron chi connectivity index (χ4n) is 2.03. The molecule has 1 aromatic heterocycles. The number of aromatic nitrogens is 2. The molecule has 1 heterocycles. The average Bonchev–Trinajstić information content (AvgIpc) is 2.79. The number of carbonyl (C=O) groups excluding carboxylic acids is 1. The summed E-state index contributed by atoms with van der Waals surface area (Å²) < 4.78 is 0. The molecule has 1 fully saturated rings. The first kappa shape index (κ1) is 12.3. The summed E-state index contributed by atoms with van der Waals surface area (Å²) in [6.45, 7) is 2.78. The van der Waals surface area contributed by atoms with E-state index >= 15 is 0 Å². The SMILES string of the molecule is CCNc1nnc(C(=O)NC2CCCCC2)s1. The molecule has 1 aliphatic rings. The van der Waals surface area contributed by atoms with E-state index in [0.29, 0.717) is 16.2 Å². The van der Waals surface area contributed by atoms with Gasteiger partial charge in [-0.3, -0.25) is 4.79 Å². The third-order valence-corrected chi connectivity index (χ3v) is 3.77. The van der Waals surface area contributed by atoms with Gasteiger partial charge < -0.3 is 10.6 Å². The van der Waals surface area contributed by atoms with Crippen molar-refractivity contribution in [2.75, 3.05) is 11.9 Å². The first-order valence-corrected chi connectivity index (χ1v) is 6.99. The van der Waals surface area contributed by atoms with Crippen molar-refractivity contribution in [2.45, 2.75) is 45.1 Å². The maximum atomic E-state index is 11.9. The van der Waals surface area contributed by atoms with Gasteiger partial charge in [-0.05, 0) is 19.8 Å². The Balaban J connectivity index is 1.89. The van der Waals surface area contributed by atoms with Gasteiger partial charge in [0.1, 0.15) is 0 Å². The van der Waals surface area contributed by atoms with Crippen LogP contribution in [-0.4, -0.2) is 28.7 Å². The number of nitrogens with zero attached hydrogens (tertiary/aromatic N) is 2. The first-order chi connectivity index (χ1) is 8.29. The molecule has 0 saturated heterocycles. The van der Waals surface area contributed by atoms with Crippen LogP contribution in [0.5, 0.6) is 0 Å². The summed E-state index contributed by atoms with van der Waals surface area (Å²) in [5, 5.41) is 15.1. The van der Waals surface area contributed by atoms with Crippen molar-refractivity contribution in [1.29, 1.82) is 0 Å². The molecule has 0 bridgehead atoms. The Morgan fingerprint density at radius 2 is 2.12 bits per heavy atom. The van der Waals surface area contributed by atoms with Gasteiger partial charge in [0.25, 0.3) is 5.91 Å². The predicted octanol–water partition coefficient (Wildman–Crippen LogP) is 2.03. The van der Waals surface area contributed by atoms with E-state index in [4.69, 9.17) is 0 Å². The second-order valence-electron chi connectivity index (χ2n) is 4.25. The van der Waals surface area contributed by atoms with Crippen LogP contribution in [0.2, 0.25) is 0 Å². The molecular formula is C11H18N4OS. The highest BCUT2D eigenvalue weighted by Crippen LogP contribution is 2.19. The van der Waals surface area contributed by atoms with Gasteiger partial charge in [0.05, 0.1) is 0 Å². The van der Waals surface area contributed by atoms with E-state index in [9.17, 15) is 4.79 Å². The van der Waals surface area contributed by atoms with Crippen molar-refractivity contribution < 1.29 is 4.79 Å². The fraction of sp³-hybridized carbons (Fsp3) is 0.727. The molecule has 0 atom stereocenters. The lowest BCUT2D eigenvalue weighted by Crippen LogP contribution is -2.36. The Kier molecular flexibility index (Phi) is 4.30. The van der Waals surface area contributed by atoms with Crippen LogP contribution in [0.3, 0.4) is 0 Å². The summed E-state index contributed by atoms with van der Waals surface area (Å²) in [6, 6.07) is 0.322. The third kappa shape index (κ3) is 3.39. The molecular weight excluding hydrogens is 236 g/mol. The molecule has 1 amide bonds. The number of nitrogens with one attached hydrogen (secondary N) is 2. The normalized spacial score (nSPS) is 16.8. The minimum atomic E-state index is -0.0847.